The average Bonchev–Trinajstić information content (AvgIpc) is 3.10. The molecule has 30 heavy (non-hydrogen) atoms. The fraction of sp³-hybridized carbons (Fsp3) is 0.115. The summed E-state index contributed by atoms with van der Waals surface area (Å²) in [7, 11) is 0. The van der Waals surface area contributed by atoms with Gasteiger partial charge in [-0.05, 0) is 56.8 Å². The van der Waals surface area contributed by atoms with Crippen LogP contribution in [-0.4, -0.2) is 17.8 Å². The molecular formula is C26H21NO3. The van der Waals surface area contributed by atoms with Crippen LogP contribution in [0.1, 0.15) is 22.6 Å². The maximum Gasteiger partial charge on any atom is 0.407 e. The lowest BCUT2D eigenvalue weighted by molar-refractivity contribution is 0.142. The third-order valence-corrected chi connectivity index (χ3v) is 5.67. The van der Waals surface area contributed by atoms with E-state index in [1.54, 1.807) is 12.1 Å². The Kier molecular flexibility index (Phi) is 4.60. The third kappa shape index (κ3) is 3.37. The molecule has 0 heterocycles. The van der Waals surface area contributed by atoms with Crippen molar-refractivity contribution < 1.29 is 14.6 Å². The standard InChI is InChI=1S/C26H21NO3/c28-20-12-11-18-13-17(9-10-19(18)14-20)15-27-26(29)30-16-25-23-7-3-1-5-21(23)22-6-2-4-8-24(22)25/h1-14,25,28H,15-16H2,(H,27,29). The average molecular weight is 395 g/mol. The summed E-state index contributed by atoms with van der Waals surface area (Å²) in [5.74, 6) is 0.295. The van der Waals surface area contributed by atoms with Gasteiger partial charge in [0.2, 0.25) is 0 Å². The number of phenolic OH excluding ortho intramolecular Hbond substituents is 1. The second kappa shape index (κ2) is 7.56. The van der Waals surface area contributed by atoms with Crippen LogP contribution in [-0.2, 0) is 11.3 Å². The molecule has 0 saturated heterocycles. The molecular weight excluding hydrogens is 374 g/mol. The quantitative estimate of drug-likeness (QED) is 0.474. The van der Waals surface area contributed by atoms with E-state index in [1.807, 2.05) is 48.5 Å². The van der Waals surface area contributed by atoms with Gasteiger partial charge in [-0.25, -0.2) is 4.79 Å². The summed E-state index contributed by atoms with van der Waals surface area (Å²) in [6, 6.07) is 27.7. The number of benzene rings is 4. The van der Waals surface area contributed by atoms with Crippen molar-refractivity contribution in [1.82, 2.24) is 5.32 Å². The Morgan fingerprint density at radius 2 is 1.47 bits per heavy atom. The SMILES string of the molecule is O=C(NCc1ccc2cc(O)ccc2c1)OCC1c2ccccc2-c2ccccc21. The number of carbonyl (C=O) groups excluding carboxylic acids is 1. The highest BCUT2D eigenvalue weighted by Crippen LogP contribution is 2.44. The summed E-state index contributed by atoms with van der Waals surface area (Å²) in [5.41, 5.74) is 5.80. The summed E-state index contributed by atoms with van der Waals surface area (Å²) >= 11 is 0. The minimum absolute atomic E-state index is 0.0523. The van der Waals surface area contributed by atoms with Gasteiger partial charge in [0.05, 0.1) is 0 Å². The van der Waals surface area contributed by atoms with Gasteiger partial charge >= 0.3 is 6.09 Å². The Labute approximate surface area is 174 Å². The van der Waals surface area contributed by atoms with Gasteiger partial charge < -0.3 is 15.2 Å². The number of hydrogen-bond donors (Lipinski definition) is 2. The molecule has 1 aliphatic rings. The van der Waals surface area contributed by atoms with Gasteiger partial charge in [0.25, 0.3) is 0 Å². The molecule has 4 aromatic carbocycles. The molecule has 2 N–H and O–H groups in total. The monoisotopic (exact) mass is 395 g/mol. The normalized spacial score (nSPS) is 12.4. The van der Waals surface area contributed by atoms with Gasteiger partial charge in [0.1, 0.15) is 12.4 Å². The van der Waals surface area contributed by atoms with Gasteiger partial charge in [-0.15, -0.1) is 0 Å². The molecule has 0 atom stereocenters. The van der Waals surface area contributed by atoms with E-state index in [0.717, 1.165) is 16.3 Å². The number of hydrogen-bond acceptors (Lipinski definition) is 3. The fourth-order valence-corrected chi connectivity index (χ4v) is 4.22. The van der Waals surface area contributed by atoms with Crippen LogP contribution in [0.2, 0.25) is 0 Å². The van der Waals surface area contributed by atoms with E-state index in [9.17, 15) is 9.90 Å². The minimum atomic E-state index is -0.428. The van der Waals surface area contributed by atoms with E-state index in [-0.39, 0.29) is 11.7 Å². The van der Waals surface area contributed by atoms with Gasteiger partial charge in [-0.3, -0.25) is 0 Å². The zero-order valence-corrected chi connectivity index (χ0v) is 16.3. The zero-order valence-electron chi connectivity index (χ0n) is 16.3. The molecule has 0 aliphatic heterocycles. The number of carbonyl (C=O) groups is 1. The number of aromatic hydroxyl groups is 1. The highest BCUT2D eigenvalue weighted by Gasteiger charge is 2.28. The summed E-state index contributed by atoms with van der Waals surface area (Å²) in [5, 5.41) is 14.4. The molecule has 4 heteroatoms. The van der Waals surface area contributed by atoms with Crippen LogP contribution in [0.25, 0.3) is 21.9 Å². The largest absolute Gasteiger partial charge is 0.508 e. The topological polar surface area (TPSA) is 58.6 Å². The lowest BCUT2D eigenvalue weighted by Gasteiger charge is -2.14. The predicted octanol–water partition coefficient (Wildman–Crippen LogP) is 5.58. The maximum absolute atomic E-state index is 12.3. The first-order chi connectivity index (χ1) is 14.7. The Bertz CT molecular complexity index is 1200. The molecule has 0 radical (unpaired) electrons. The zero-order chi connectivity index (χ0) is 20.5. The Balaban J connectivity index is 1.24. The van der Waals surface area contributed by atoms with Crippen molar-refractivity contribution in [2.75, 3.05) is 6.61 Å². The molecule has 0 fully saturated rings. The number of amides is 1. The molecule has 0 saturated carbocycles. The van der Waals surface area contributed by atoms with Crippen molar-refractivity contribution >= 4 is 16.9 Å². The second-order valence-corrected chi connectivity index (χ2v) is 7.54. The van der Waals surface area contributed by atoms with Crippen LogP contribution in [0.4, 0.5) is 4.79 Å². The van der Waals surface area contributed by atoms with Crippen molar-refractivity contribution in [1.29, 1.82) is 0 Å². The van der Waals surface area contributed by atoms with E-state index in [1.165, 1.54) is 22.3 Å². The molecule has 4 nitrogen and oxygen atoms in total. The molecule has 5 rings (SSSR count). The van der Waals surface area contributed by atoms with Crippen LogP contribution in [0.15, 0.2) is 84.9 Å². The Morgan fingerprint density at radius 1 is 0.833 bits per heavy atom. The number of fused-ring (bicyclic) bond motifs is 4. The van der Waals surface area contributed by atoms with Gasteiger partial charge in [0, 0.05) is 12.5 Å². The maximum atomic E-state index is 12.3. The van der Waals surface area contributed by atoms with E-state index < -0.39 is 6.09 Å². The van der Waals surface area contributed by atoms with E-state index in [2.05, 4.69) is 29.6 Å². The smallest absolute Gasteiger partial charge is 0.407 e. The first kappa shape index (κ1) is 18.3. The highest BCUT2D eigenvalue weighted by atomic mass is 16.5. The molecule has 0 aromatic heterocycles. The number of rotatable bonds is 4. The van der Waals surface area contributed by atoms with Crippen molar-refractivity contribution in [2.45, 2.75) is 12.5 Å². The van der Waals surface area contributed by atoms with Crippen molar-refractivity contribution in [3.05, 3.63) is 102 Å². The molecule has 1 amide bonds. The number of nitrogens with one attached hydrogen (secondary N) is 1. The predicted molar refractivity (Wildman–Crippen MR) is 118 cm³/mol. The van der Waals surface area contributed by atoms with Crippen LogP contribution < -0.4 is 5.32 Å². The summed E-state index contributed by atoms with van der Waals surface area (Å²) < 4.78 is 5.58. The molecule has 4 aromatic rings. The third-order valence-electron chi connectivity index (χ3n) is 5.67. The van der Waals surface area contributed by atoms with Gasteiger partial charge in [0.15, 0.2) is 0 Å². The fourth-order valence-electron chi connectivity index (χ4n) is 4.22. The minimum Gasteiger partial charge on any atom is -0.508 e. The first-order valence-electron chi connectivity index (χ1n) is 9.99. The van der Waals surface area contributed by atoms with Crippen molar-refractivity contribution in [2.24, 2.45) is 0 Å². The highest BCUT2D eigenvalue weighted by molar-refractivity contribution is 5.84. The molecule has 0 bridgehead atoms. The van der Waals surface area contributed by atoms with Crippen LogP contribution in [0.3, 0.4) is 0 Å². The van der Waals surface area contributed by atoms with Gasteiger partial charge in [-0.1, -0.05) is 66.7 Å². The molecule has 0 unspecified atom stereocenters. The first-order valence-corrected chi connectivity index (χ1v) is 9.99. The van der Waals surface area contributed by atoms with Gasteiger partial charge in [-0.2, -0.15) is 0 Å². The van der Waals surface area contributed by atoms with Crippen molar-refractivity contribution in [3.63, 3.8) is 0 Å². The van der Waals surface area contributed by atoms with E-state index in [4.69, 9.17) is 4.74 Å². The summed E-state index contributed by atoms with van der Waals surface area (Å²) in [6.45, 7) is 0.685. The van der Waals surface area contributed by atoms with E-state index in [0.29, 0.717) is 13.2 Å². The molecule has 148 valence electrons. The molecule has 0 spiro atoms. The summed E-state index contributed by atoms with van der Waals surface area (Å²) in [6.07, 6.45) is -0.428. The Morgan fingerprint density at radius 3 is 2.20 bits per heavy atom. The number of alkyl carbamates (subject to hydrolysis) is 1. The lowest BCUT2D eigenvalue weighted by Crippen LogP contribution is -2.25. The van der Waals surface area contributed by atoms with Crippen LogP contribution >= 0.6 is 0 Å². The summed E-state index contributed by atoms with van der Waals surface area (Å²) in [4.78, 5) is 12.3. The second-order valence-electron chi connectivity index (χ2n) is 7.54. The van der Waals surface area contributed by atoms with E-state index >= 15 is 0 Å². The van der Waals surface area contributed by atoms with Crippen molar-refractivity contribution in [3.8, 4) is 16.9 Å². The number of phenols is 1. The lowest BCUT2D eigenvalue weighted by atomic mass is 9.98. The molecule has 1 aliphatic carbocycles. The number of ether oxygens (including phenoxy) is 1. The van der Waals surface area contributed by atoms with Crippen LogP contribution in [0, 0.1) is 0 Å². The Hall–Kier alpha value is -3.79. The van der Waals surface area contributed by atoms with Crippen LogP contribution in [0.5, 0.6) is 5.75 Å².